The fraction of sp³-hybridized carbons (Fsp3) is 0.500. The molecule has 1 N–H and O–H groups in total. The van der Waals surface area contributed by atoms with Gasteiger partial charge in [-0.15, -0.1) is 0 Å². The highest BCUT2D eigenvalue weighted by Crippen LogP contribution is 2.26. The van der Waals surface area contributed by atoms with Crippen LogP contribution in [0.2, 0.25) is 0 Å². The topological polar surface area (TPSA) is 49.4 Å². The van der Waals surface area contributed by atoms with Crippen molar-refractivity contribution in [2.24, 2.45) is 0 Å². The summed E-state index contributed by atoms with van der Waals surface area (Å²) in [5.74, 6) is 0.0670. The molecule has 0 radical (unpaired) electrons. The molecule has 0 saturated heterocycles. The van der Waals surface area contributed by atoms with Crippen molar-refractivity contribution >= 4 is 11.8 Å². The normalized spacial score (nSPS) is 13.9. The fourth-order valence-corrected chi connectivity index (χ4v) is 2.32. The second-order valence-corrected chi connectivity index (χ2v) is 5.46. The molecule has 4 heteroatoms. The van der Waals surface area contributed by atoms with E-state index < -0.39 is 0 Å². The second kappa shape index (κ2) is 6.55. The maximum atomic E-state index is 11.8. The Balaban J connectivity index is 1.73. The van der Waals surface area contributed by atoms with Crippen LogP contribution in [0.3, 0.4) is 0 Å². The molecule has 1 fully saturated rings. The van der Waals surface area contributed by atoms with Gasteiger partial charge in [0.25, 0.3) is 0 Å². The molecule has 4 nitrogen and oxygen atoms in total. The molecule has 1 aromatic rings. The van der Waals surface area contributed by atoms with Gasteiger partial charge >= 0.3 is 0 Å². The average Bonchev–Trinajstić information content (AvgIpc) is 3.21. The number of nitrogens with one attached hydrogen (secondary N) is 1. The number of rotatable bonds is 6. The van der Waals surface area contributed by atoms with E-state index in [9.17, 15) is 9.59 Å². The van der Waals surface area contributed by atoms with Crippen molar-refractivity contribution in [3.63, 3.8) is 0 Å². The number of benzene rings is 1. The molecule has 1 aromatic carbocycles. The minimum Gasteiger partial charge on any atom is -0.352 e. The summed E-state index contributed by atoms with van der Waals surface area (Å²) < 4.78 is 0. The number of nitrogens with zero attached hydrogens (tertiary/aromatic N) is 1. The maximum absolute atomic E-state index is 11.8. The molecule has 20 heavy (non-hydrogen) atoms. The Bertz CT molecular complexity index is 495. The number of hydrogen-bond donors (Lipinski definition) is 1. The lowest BCUT2D eigenvalue weighted by Crippen LogP contribution is -2.35. The quantitative estimate of drug-likeness (QED) is 0.862. The first kappa shape index (κ1) is 14.6. The van der Waals surface area contributed by atoms with Crippen molar-refractivity contribution in [3.05, 3.63) is 35.4 Å². The van der Waals surface area contributed by atoms with Crippen LogP contribution in [0.15, 0.2) is 24.3 Å². The molecule has 0 aliphatic heterocycles. The van der Waals surface area contributed by atoms with Gasteiger partial charge in [-0.05, 0) is 25.3 Å². The predicted octanol–water partition coefficient (Wildman–Crippen LogP) is 2.01. The smallest absolute Gasteiger partial charge is 0.222 e. The van der Waals surface area contributed by atoms with Crippen molar-refractivity contribution in [2.45, 2.75) is 45.7 Å². The third-order valence-electron chi connectivity index (χ3n) is 3.54. The van der Waals surface area contributed by atoms with Gasteiger partial charge in [0.05, 0.1) is 0 Å². The highest BCUT2D eigenvalue weighted by Gasteiger charge is 2.30. The van der Waals surface area contributed by atoms with Crippen LogP contribution in [0.1, 0.15) is 37.3 Å². The van der Waals surface area contributed by atoms with Gasteiger partial charge in [-0.25, -0.2) is 0 Å². The van der Waals surface area contributed by atoms with E-state index in [2.05, 4.69) is 11.4 Å². The number of aryl methyl sites for hydroxylation is 1. The summed E-state index contributed by atoms with van der Waals surface area (Å²) in [6.45, 7) is 4.68. The zero-order valence-electron chi connectivity index (χ0n) is 12.2. The minimum absolute atomic E-state index is 0.00148. The lowest BCUT2D eigenvalue weighted by Gasteiger charge is -2.20. The number of carbonyl (C=O) groups excluding carboxylic acids is 2. The van der Waals surface area contributed by atoms with Crippen LogP contribution in [-0.2, 0) is 16.1 Å². The van der Waals surface area contributed by atoms with Gasteiger partial charge in [0, 0.05) is 32.5 Å². The summed E-state index contributed by atoms with van der Waals surface area (Å²) in [7, 11) is 0. The Hall–Kier alpha value is -1.84. The van der Waals surface area contributed by atoms with E-state index in [1.165, 1.54) is 5.56 Å². The predicted molar refractivity (Wildman–Crippen MR) is 78.1 cm³/mol. The maximum Gasteiger partial charge on any atom is 0.222 e. The molecule has 0 bridgehead atoms. The van der Waals surface area contributed by atoms with E-state index in [0.29, 0.717) is 25.6 Å². The molecule has 108 valence electrons. The number of carbonyl (C=O) groups is 2. The van der Waals surface area contributed by atoms with Gasteiger partial charge < -0.3 is 10.2 Å². The second-order valence-electron chi connectivity index (χ2n) is 5.46. The lowest BCUT2D eigenvalue weighted by molar-refractivity contribution is -0.130. The van der Waals surface area contributed by atoms with E-state index in [0.717, 1.165) is 18.4 Å². The zero-order valence-corrected chi connectivity index (χ0v) is 12.2. The summed E-state index contributed by atoms with van der Waals surface area (Å²) in [4.78, 5) is 25.1. The van der Waals surface area contributed by atoms with E-state index in [1.807, 2.05) is 30.0 Å². The van der Waals surface area contributed by atoms with Crippen molar-refractivity contribution < 1.29 is 9.59 Å². The Morgan fingerprint density at radius 2 is 2.10 bits per heavy atom. The van der Waals surface area contributed by atoms with Gasteiger partial charge in [-0.1, -0.05) is 29.8 Å². The number of hydrogen-bond acceptors (Lipinski definition) is 2. The van der Waals surface area contributed by atoms with Crippen LogP contribution in [0.25, 0.3) is 0 Å². The summed E-state index contributed by atoms with van der Waals surface area (Å²) in [6.07, 6.45) is 2.52. The van der Waals surface area contributed by atoms with E-state index in [4.69, 9.17) is 0 Å². The van der Waals surface area contributed by atoms with Crippen LogP contribution in [0.5, 0.6) is 0 Å². The van der Waals surface area contributed by atoms with Crippen LogP contribution in [0, 0.1) is 6.92 Å². The highest BCUT2D eigenvalue weighted by molar-refractivity contribution is 5.78. The van der Waals surface area contributed by atoms with Crippen molar-refractivity contribution in [1.29, 1.82) is 0 Å². The van der Waals surface area contributed by atoms with E-state index in [-0.39, 0.29) is 11.8 Å². The largest absolute Gasteiger partial charge is 0.352 e. The first-order valence-electron chi connectivity index (χ1n) is 7.15. The third-order valence-corrected chi connectivity index (χ3v) is 3.54. The summed E-state index contributed by atoms with van der Waals surface area (Å²) >= 11 is 0. The molecule has 0 atom stereocenters. The van der Waals surface area contributed by atoms with Crippen molar-refractivity contribution in [3.8, 4) is 0 Å². The van der Waals surface area contributed by atoms with Gasteiger partial charge in [0.15, 0.2) is 0 Å². The molecule has 0 aromatic heterocycles. The lowest BCUT2D eigenvalue weighted by atomic mass is 10.1. The zero-order chi connectivity index (χ0) is 14.5. The first-order valence-corrected chi connectivity index (χ1v) is 7.15. The molecular formula is C16H22N2O2. The third kappa shape index (κ3) is 4.37. The molecule has 0 unspecified atom stereocenters. The fourth-order valence-electron chi connectivity index (χ4n) is 2.32. The van der Waals surface area contributed by atoms with Gasteiger partial charge in [0.1, 0.15) is 0 Å². The molecule has 2 rings (SSSR count). The summed E-state index contributed by atoms with van der Waals surface area (Å²) in [6, 6.07) is 8.45. The average molecular weight is 274 g/mol. The molecule has 2 amide bonds. The first-order chi connectivity index (χ1) is 9.56. The molecule has 0 heterocycles. The molecule has 0 spiro atoms. The van der Waals surface area contributed by atoms with Gasteiger partial charge in [-0.3, -0.25) is 9.59 Å². The molecular weight excluding hydrogens is 252 g/mol. The van der Waals surface area contributed by atoms with Crippen LogP contribution < -0.4 is 5.32 Å². The van der Waals surface area contributed by atoms with Gasteiger partial charge in [0.2, 0.25) is 11.8 Å². The number of amides is 2. The van der Waals surface area contributed by atoms with Crippen LogP contribution in [0.4, 0.5) is 0 Å². The van der Waals surface area contributed by atoms with Crippen molar-refractivity contribution in [2.75, 3.05) is 6.54 Å². The Morgan fingerprint density at radius 1 is 1.35 bits per heavy atom. The van der Waals surface area contributed by atoms with Crippen molar-refractivity contribution in [1.82, 2.24) is 10.2 Å². The Morgan fingerprint density at radius 3 is 2.70 bits per heavy atom. The van der Waals surface area contributed by atoms with Gasteiger partial charge in [-0.2, -0.15) is 0 Å². The van der Waals surface area contributed by atoms with E-state index >= 15 is 0 Å². The summed E-state index contributed by atoms with van der Waals surface area (Å²) in [5, 5.41) is 2.90. The Labute approximate surface area is 120 Å². The van der Waals surface area contributed by atoms with E-state index in [1.54, 1.807) is 6.92 Å². The molecule has 1 aliphatic rings. The molecule has 1 saturated carbocycles. The molecule has 1 aliphatic carbocycles. The minimum atomic E-state index is -0.00148. The highest BCUT2D eigenvalue weighted by atomic mass is 16.2. The standard InChI is InChI=1S/C16H22N2O2/c1-12-4-3-5-14(10-12)11-17-16(20)8-9-18(13(2)19)15-6-7-15/h3-5,10,15H,6-9,11H2,1-2H3,(H,17,20). The monoisotopic (exact) mass is 274 g/mol. The SMILES string of the molecule is CC(=O)N(CCC(=O)NCc1cccc(C)c1)C1CC1. The van der Waals surface area contributed by atoms with Crippen LogP contribution >= 0.6 is 0 Å². The summed E-state index contributed by atoms with van der Waals surface area (Å²) in [5.41, 5.74) is 2.29. The Kier molecular flexibility index (Phi) is 4.77. The van der Waals surface area contributed by atoms with Crippen LogP contribution in [-0.4, -0.2) is 29.3 Å².